The Morgan fingerprint density at radius 3 is 1.98 bits per heavy atom. The fraction of sp³-hybridized carbons (Fsp3) is 0. The minimum absolute atomic E-state index is 0.0126. The summed E-state index contributed by atoms with van der Waals surface area (Å²) in [6, 6.07) is 17.7. The summed E-state index contributed by atoms with van der Waals surface area (Å²) in [6.45, 7) is 0. The summed E-state index contributed by atoms with van der Waals surface area (Å²) < 4.78 is 98.7. The second-order valence-corrected chi connectivity index (χ2v) is 12.1. The highest BCUT2D eigenvalue weighted by atomic mass is 32.1. The van der Waals surface area contributed by atoms with Crippen LogP contribution in [0.4, 0.5) is 0 Å². The minimum Gasteiger partial charge on any atom is -0.208 e. The molecule has 0 unspecified atom stereocenters. The molecule has 3 nitrogen and oxygen atoms in total. The van der Waals surface area contributed by atoms with Crippen molar-refractivity contribution in [2.45, 2.75) is 0 Å². The van der Waals surface area contributed by atoms with Crippen LogP contribution in [-0.2, 0) is 0 Å². The number of hydrogen-bond acceptors (Lipinski definition) is 5. The molecular weight excluding hydrogens is 575 g/mol. The molecule has 0 saturated carbocycles. The number of fused-ring (bicyclic) bond motifs is 6. The fourth-order valence-electron chi connectivity index (χ4n) is 5.20. The Kier molecular flexibility index (Phi) is 3.84. The predicted octanol–water partition coefficient (Wildman–Crippen LogP) is 11.3. The van der Waals surface area contributed by atoms with Crippen LogP contribution < -0.4 is 0 Å². The van der Waals surface area contributed by atoms with Gasteiger partial charge in [0.1, 0.15) is 0 Å². The second kappa shape index (κ2) is 10.2. The highest BCUT2D eigenvalue weighted by Crippen LogP contribution is 2.39. The zero-order chi connectivity index (χ0) is 38.6. The van der Waals surface area contributed by atoms with Gasteiger partial charge in [0.15, 0.2) is 17.5 Å². The molecule has 0 amide bonds. The predicted molar refractivity (Wildman–Crippen MR) is 187 cm³/mol. The Morgan fingerprint density at radius 2 is 1.11 bits per heavy atom. The standard InChI is InChI=1S/C39H23N3S2/c1-3-9-24(10-4-1)26-17-20-34-32(21-26)31-19-16-28(23-36(31)44-34)39-41-37(25-11-5-2-6-12-25)40-38(42-39)27-15-18-30-29-13-7-8-14-33(29)43-35(30)22-27/h1-23H/i1D,3D,4D,9D,10D,16D,17D,19D,20D,21D,23D. The Hall–Kier alpha value is -5.23. The van der Waals surface area contributed by atoms with Crippen LogP contribution in [0.15, 0.2) is 139 Å². The first-order valence-electron chi connectivity index (χ1n) is 19.1. The summed E-state index contributed by atoms with van der Waals surface area (Å²) in [5.41, 5.74) is 0.538. The Balaban J connectivity index is 1.31. The summed E-state index contributed by atoms with van der Waals surface area (Å²) in [7, 11) is 0. The molecule has 0 aliphatic heterocycles. The molecule has 206 valence electrons. The van der Waals surface area contributed by atoms with E-state index in [9.17, 15) is 5.48 Å². The molecule has 0 radical (unpaired) electrons. The minimum atomic E-state index is -0.653. The van der Waals surface area contributed by atoms with Gasteiger partial charge in [0, 0.05) is 57.0 Å². The van der Waals surface area contributed by atoms with E-state index in [4.69, 9.17) is 24.5 Å². The highest BCUT2D eigenvalue weighted by Gasteiger charge is 2.15. The van der Waals surface area contributed by atoms with Gasteiger partial charge in [-0.1, -0.05) is 109 Å². The molecule has 3 aromatic heterocycles. The lowest BCUT2D eigenvalue weighted by atomic mass is 10.0. The molecule has 3 heterocycles. The molecule has 0 atom stereocenters. The molecule has 0 aliphatic rings. The van der Waals surface area contributed by atoms with Gasteiger partial charge in [-0.15, -0.1) is 22.7 Å². The summed E-state index contributed by atoms with van der Waals surface area (Å²) in [6.07, 6.45) is 0. The number of rotatable bonds is 4. The Morgan fingerprint density at radius 1 is 0.409 bits per heavy atom. The van der Waals surface area contributed by atoms with Gasteiger partial charge in [-0.2, -0.15) is 0 Å². The third-order valence-electron chi connectivity index (χ3n) is 7.29. The van der Waals surface area contributed by atoms with Crippen molar-refractivity contribution in [2.24, 2.45) is 0 Å². The van der Waals surface area contributed by atoms with E-state index in [1.54, 1.807) is 11.3 Å². The van der Waals surface area contributed by atoms with Gasteiger partial charge in [-0.25, -0.2) is 15.0 Å². The number of thiophene rings is 2. The van der Waals surface area contributed by atoms with E-state index in [2.05, 4.69) is 12.1 Å². The van der Waals surface area contributed by atoms with Crippen molar-refractivity contribution in [3.63, 3.8) is 0 Å². The van der Waals surface area contributed by atoms with Gasteiger partial charge in [0.2, 0.25) is 0 Å². The average Bonchev–Trinajstić information content (AvgIpc) is 3.79. The third-order valence-corrected chi connectivity index (χ3v) is 9.44. The van der Waals surface area contributed by atoms with Gasteiger partial charge in [0.05, 0.1) is 15.1 Å². The molecule has 0 saturated heterocycles. The molecule has 0 spiro atoms. The SMILES string of the molecule is [2H]c1c([2H])c([2H])c(-c2c([2H])c([2H])c3sc4c([2H])c(-c5nc(-c6ccccc6)nc(-c6ccc7c(c6)sc6ccccc67)n5)c([2H])c([2H])c4c3c2[2H])c([2H])c1[2H]. The van der Waals surface area contributed by atoms with E-state index >= 15 is 0 Å². The summed E-state index contributed by atoms with van der Waals surface area (Å²) in [5, 5.41) is 2.22. The lowest BCUT2D eigenvalue weighted by Gasteiger charge is -2.09. The van der Waals surface area contributed by atoms with Gasteiger partial charge < -0.3 is 0 Å². The average molecular weight is 609 g/mol. The first-order valence-corrected chi connectivity index (χ1v) is 15.3. The van der Waals surface area contributed by atoms with Crippen LogP contribution in [0.3, 0.4) is 0 Å². The number of nitrogens with zero attached hydrogens (tertiary/aromatic N) is 3. The largest absolute Gasteiger partial charge is 0.208 e. The third kappa shape index (κ3) is 4.29. The lowest BCUT2D eigenvalue weighted by molar-refractivity contribution is 1.08. The number of hydrogen-bond donors (Lipinski definition) is 0. The Labute approximate surface area is 277 Å². The van der Waals surface area contributed by atoms with Gasteiger partial charge >= 0.3 is 0 Å². The van der Waals surface area contributed by atoms with Crippen molar-refractivity contribution >= 4 is 63.0 Å². The topological polar surface area (TPSA) is 38.7 Å². The zero-order valence-electron chi connectivity index (χ0n) is 33.6. The fourth-order valence-corrected chi connectivity index (χ4v) is 7.32. The molecule has 44 heavy (non-hydrogen) atoms. The number of aromatic nitrogens is 3. The van der Waals surface area contributed by atoms with Crippen LogP contribution in [0.1, 0.15) is 15.1 Å². The maximum Gasteiger partial charge on any atom is 0.164 e. The second-order valence-electron chi connectivity index (χ2n) is 9.99. The van der Waals surface area contributed by atoms with E-state index in [-0.39, 0.29) is 49.2 Å². The first kappa shape index (κ1) is 16.6. The van der Waals surface area contributed by atoms with Crippen molar-refractivity contribution in [2.75, 3.05) is 0 Å². The molecule has 0 fully saturated rings. The monoisotopic (exact) mass is 608 g/mol. The Bertz CT molecular complexity index is 3100. The smallest absolute Gasteiger partial charge is 0.164 e. The first-order chi connectivity index (χ1) is 26.4. The van der Waals surface area contributed by atoms with Crippen molar-refractivity contribution in [3.05, 3.63) is 139 Å². The van der Waals surface area contributed by atoms with E-state index in [1.807, 2.05) is 60.7 Å². The van der Waals surface area contributed by atoms with E-state index in [1.165, 1.54) is 0 Å². The highest BCUT2D eigenvalue weighted by molar-refractivity contribution is 7.26. The molecule has 9 aromatic rings. The van der Waals surface area contributed by atoms with Gasteiger partial charge in [0.25, 0.3) is 0 Å². The van der Waals surface area contributed by atoms with Crippen LogP contribution in [0.25, 0.3) is 85.6 Å². The summed E-state index contributed by atoms with van der Waals surface area (Å²) in [5.74, 6) is 0.582. The van der Waals surface area contributed by atoms with Gasteiger partial charge in [-0.05, 0) is 41.4 Å². The summed E-state index contributed by atoms with van der Waals surface area (Å²) >= 11 is 2.56. The molecule has 0 bridgehead atoms. The van der Waals surface area contributed by atoms with Crippen molar-refractivity contribution in [1.82, 2.24) is 15.0 Å². The maximum absolute atomic E-state index is 9.44. The normalized spacial score (nSPS) is 15.1. The maximum atomic E-state index is 9.44. The van der Waals surface area contributed by atoms with Crippen LogP contribution >= 0.6 is 22.7 Å². The van der Waals surface area contributed by atoms with E-state index in [0.29, 0.717) is 22.8 Å². The number of benzene rings is 6. The van der Waals surface area contributed by atoms with Crippen LogP contribution in [0.2, 0.25) is 0 Å². The lowest BCUT2D eigenvalue weighted by Crippen LogP contribution is -2.00. The van der Waals surface area contributed by atoms with E-state index in [0.717, 1.165) is 31.5 Å². The van der Waals surface area contributed by atoms with Crippen LogP contribution in [0, 0.1) is 0 Å². The molecule has 0 N–H and O–H groups in total. The van der Waals surface area contributed by atoms with Crippen LogP contribution in [0.5, 0.6) is 0 Å². The molecular formula is C39H23N3S2. The zero-order valence-corrected chi connectivity index (χ0v) is 24.2. The quantitative estimate of drug-likeness (QED) is 0.199. The van der Waals surface area contributed by atoms with Crippen LogP contribution in [-0.4, -0.2) is 15.0 Å². The molecule has 6 aromatic carbocycles. The van der Waals surface area contributed by atoms with Gasteiger partial charge in [-0.3, -0.25) is 0 Å². The van der Waals surface area contributed by atoms with Crippen molar-refractivity contribution in [3.8, 4) is 45.3 Å². The molecule has 5 heteroatoms. The van der Waals surface area contributed by atoms with Crippen molar-refractivity contribution < 1.29 is 15.1 Å². The molecule has 9 rings (SSSR count). The van der Waals surface area contributed by atoms with Crippen molar-refractivity contribution in [1.29, 1.82) is 0 Å². The molecule has 0 aliphatic carbocycles. The summed E-state index contributed by atoms with van der Waals surface area (Å²) in [4.78, 5) is 14.3. The van der Waals surface area contributed by atoms with E-state index < -0.39 is 59.9 Å².